The summed E-state index contributed by atoms with van der Waals surface area (Å²) in [5, 5.41) is 0. The van der Waals surface area contributed by atoms with Crippen molar-refractivity contribution in [3.63, 3.8) is 0 Å². The number of anilines is 1. The number of benzene rings is 2. The Bertz CT molecular complexity index is 967. The number of esters is 1. The van der Waals surface area contributed by atoms with Gasteiger partial charge >= 0.3 is 5.97 Å². The molecule has 0 radical (unpaired) electrons. The van der Waals surface area contributed by atoms with Crippen molar-refractivity contribution in [3.05, 3.63) is 65.2 Å². The molecule has 3 amide bonds. The molecule has 2 aliphatic rings. The Labute approximate surface area is 167 Å². The molecule has 0 aliphatic carbocycles. The van der Waals surface area contributed by atoms with Gasteiger partial charge in [-0.15, -0.1) is 0 Å². The maximum atomic E-state index is 12.4. The van der Waals surface area contributed by atoms with Gasteiger partial charge in [0.1, 0.15) is 0 Å². The highest BCUT2D eigenvalue weighted by atomic mass is 16.5. The van der Waals surface area contributed by atoms with E-state index in [0.717, 1.165) is 16.9 Å². The second-order valence-corrected chi connectivity index (χ2v) is 7.08. The molecule has 1 fully saturated rings. The number of hydrogen-bond donors (Lipinski definition) is 0. The van der Waals surface area contributed by atoms with Crippen molar-refractivity contribution in [1.29, 1.82) is 0 Å². The van der Waals surface area contributed by atoms with E-state index in [1.54, 1.807) is 4.90 Å². The lowest BCUT2D eigenvalue weighted by Crippen LogP contribution is -2.38. The molecule has 4 rings (SSSR count). The standard InChI is InChI=1S/C22H20N2O5/c25-19-9-10-20(26)24(19)18-7-5-16(6-8-18)22(28)29-14-21(27)23-12-11-15-3-1-2-4-17(15)13-23/h1-8H,9-14H2. The van der Waals surface area contributed by atoms with E-state index < -0.39 is 5.97 Å². The van der Waals surface area contributed by atoms with Crippen LogP contribution in [0.1, 0.15) is 34.3 Å². The summed E-state index contributed by atoms with van der Waals surface area (Å²) >= 11 is 0. The largest absolute Gasteiger partial charge is 0.452 e. The predicted molar refractivity (Wildman–Crippen MR) is 104 cm³/mol. The molecule has 7 heteroatoms. The van der Waals surface area contributed by atoms with Crippen molar-refractivity contribution in [2.75, 3.05) is 18.1 Å². The Morgan fingerprint density at radius 2 is 1.52 bits per heavy atom. The molecule has 1 saturated heterocycles. The number of carbonyl (C=O) groups excluding carboxylic acids is 4. The minimum absolute atomic E-state index is 0.200. The second kappa shape index (κ2) is 7.87. The van der Waals surface area contributed by atoms with Gasteiger partial charge in [0.2, 0.25) is 11.8 Å². The Morgan fingerprint density at radius 1 is 0.862 bits per heavy atom. The lowest BCUT2D eigenvalue weighted by molar-refractivity contribution is -0.135. The zero-order chi connectivity index (χ0) is 20.4. The van der Waals surface area contributed by atoms with Gasteiger partial charge in [-0.2, -0.15) is 0 Å². The molecule has 29 heavy (non-hydrogen) atoms. The quantitative estimate of drug-likeness (QED) is 0.588. The third-order valence-electron chi connectivity index (χ3n) is 5.22. The first kappa shape index (κ1) is 18.9. The van der Waals surface area contributed by atoms with Crippen LogP contribution in [-0.2, 0) is 32.1 Å². The van der Waals surface area contributed by atoms with Gasteiger partial charge in [0.15, 0.2) is 6.61 Å². The fraction of sp³-hybridized carbons (Fsp3) is 0.273. The van der Waals surface area contributed by atoms with Gasteiger partial charge in [0.25, 0.3) is 5.91 Å². The first-order chi connectivity index (χ1) is 14.0. The Hall–Kier alpha value is -3.48. The van der Waals surface area contributed by atoms with E-state index in [9.17, 15) is 19.2 Å². The van der Waals surface area contributed by atoms with Crippen LogP contribution in [0, 0.1) is 0 Å². The highest BCUT2D eigenvalue weighted by Gasteiger charge is 2.30. The van der Waals surface area contributed by atoms with Gasteiger partial charge in [-0.1, -0.05) is 24.3 Å². The summed E-state index contributed by atoms with van der Waals surface area (Å²) in [5.41, 5.74) is 3.03. The number of hydrogen-bond acceptors (Lipinski definition) is 5. The van der Waals surface area contributed by atoms with Gasteiger partial charge in [0, 0.05) is 25.9 Å². The predicted octanol–water partition coefficient (Wildman–Crippen LogP) is 2.08. The van der Waals surface area contributed by atoms with E-state index in [1.807, 2.05) is 18.2 Å². The molecule has 2 aromatic rings. The summed E-state index contributed by atoms with van der Waals surface area (Å²) in [5.74, 6) is -1.36. The topological polar surface area (TPSA) is 84.0 Å². The molecule has 2 aromatic carbocycles. The van der Waals surface area contributed by atoms with E-state index >= 15 is 0 Å². The van der Waals surface area contributed by atoms with Crippen molar-refractivity contribution in [3.8, 4) is 0 Å². The van der Waals surface area contributed by atoms with Gasteiger partial charge in [-0.25, -0.2) is 4.79 Å². The van der Waals surface area contributed by atoms with Gasteiger partial charge in [-0.05, 0) is 41.8 Å². The average Bonchev–Trinajstić information content (AvgIpc) is 3.09. The third-order valence-corrected chi connectivity index (χ3v) is 5.22. The minimum atomic E-state index is -0.624. The van der Waals surface area contributed by atoms with Crippen LogP contribution in [0.4, 0.5) is 5.69 Å². The number of ether oxygens (including phenoxy) is 1. The zero-order valence-electron chi connectivity index (χ0n) is 15.8. The van der Waals surface area contributed by atoms with E-state index in [4.69, 9.17) is 4.74 Å². The molecule has 0 bridgehead atoms. The molecular formula is C22H20N2O5. The van der Waals surface area contributed by atoms with E-state index in [0.29, 0.717) is 18.8 Å². The van der Waals surface area contributed by atoms with Crippen LogP contribution in [0.3, 0.4) is 0 Å². The molecule has 0 saturated carbocycles. The van der Waals surface area contributed by atoms with Crippen molar-refractivity contribution < 1.29 is 23.9 Å². The van der Waals surface area contributed by atoms with Crippen molar-refractivity contribution >= 4 is 29.4 Å². The summed E-state index contributed by atoms with van der Waals surface area (Å²) in [7, 11) is 0. The van der Waals surface area contributed by atoms with E-state index in [-0.39, 0.29) is 42.7 Å². The van der Waals surface area contributed by atoms with Crippen LogP contribution in [0.5, 0.6) is 0 Å². The molecule has 0 spiro atoms. The lowest BCUT2D eigenvalue weighted by Gasteiger charge is -2.28. The van der Waals surface area contributed by atoms with Crippen LogP contribution >= 0.6 is 0 Å². The van der Waals surface area contributed by atoms with Crippen LogP contribution in [0.2, 0.25) is 0 Å². The minimum Gasteiger partial charge on any atom is -0.452 e. The summed E-state index contributed by atoms with van der Waals surface area (Å²) in [6.07, 6.45) is 1.18. The highest BCUT2D eigenvalue weighted by Crippen LogP contribution is 2.23. The number of nitrogens with zero attached hydrogens (tertiary/aromatic N) is 2. The van der Waals surface area contributed by atoms with Gasteiger partial charge in [-0.3, -0.25) is 19.3 Å². The second-order valence-electron chi connectivity index (χ2n) is 7.08. The number of fused-ring (bicyclic) bond motifs is 1. The van der Waals surface area contributed by atoms with Gasteiger partial charge in [0.05, 0.1) is 11.3 Å². The van der Waals surface area contributed by atoms with Crippen molar-refractivity contribution in [2.45, 2.75) is 25.8 Å². The lowest BCUT2D eigenvalue weighted by atomic mass is 10.00. The molecule has 148 valence electrons. The zero-order valence-corrected chi connectivity index (χ0v) is 15.8. The normalized spacial score (nSPS) is 16.0. The smallest absolute Gasteiger partial charge is 0.338 e. The summed E-state index contributed by atoms with van der Waals surface area (Å²) in [6, 6.07) is 14.0. The van der Waals surface area contributed by atoms with Crippen LogP contribution in [0.15, 0.2) is 48.5 Å². The van der Waals surface area contributed by atoms with E-state index in [1.165, 1.54) is 29.8 Å². The molecule has 2 aliphatic heterocycles. The van der Waals surface area contributed by atoms with Crippen molar-refractivity contribution in [2.24, 2.45) is 0 Å². The fourth-order valence-corrected chi connectivity index (χ4v) is 3.62. The number of imide groups is 1. The Morgan fingerprint density at radius 3 is 2.21 bits per heavy atom. The van der Waals surface area contributed by atoms with Crippen LogP contribution < -0.4 is 4.90 Å². The first-order valence-corrected chi connectivity index (χ1v) is 9.50. The molecule has 0 N–H and O–H groups in total. The molecule has 2 heterocycles. The fourth-order valence-electron chi connectivity index (χ4n) is 3.62. The number of rotatable bonds is 4. The SMILES string of the molecule is O=C(OCC(=O)N1CCc2ccccc2C1)c1ccc(N2C(=O)CCC2=O)cc1. The monoisotopic (exact) mass is 392 g/mol. The first-order valence-electron chi connectivity index (χ1n) is 9.50. The maximum Gasteiger partial charge on any atom is 0.338 e. The summed E-state index contributed by atoms with van der Waals surface area (Å²) in [4.78, 5) is 51.0. The molecule has 7 nitrogen and oxygen atoms in total. The molecule has 0 aromatic heterocycles. The number of carbonyl (C=O) groups is 4. The highest BCUT2D eigenvalue weighted by molar-refractivity contribution is 6.19. The average molecular weight is 392 g/mol. The Balaban J connectivity index is 1.33. The molecule has 0 unspecified atom stereocenters. The van der Waals surface area contributed by atoms with Crippen molar-refractivity contribution in [1.82, 2.24) is 4.90 Å². The van der Waals surface area contributed by atoms with Crippen LogP contribution in [-0.4, -0.2) is 41.7 Å². The third kappa shape index (κ3) is 3.89. The summed E-state index contributed by atoms with van der Waals surface area (Å²) in [6.45, 7) is 0.783. The maximum absolute atomic E-state index is 12.4. The molecule has 0 atom stereocenters. The summed E-state index contributed by atoms with van der Waals surface area (Å²) < 4.78 is 5.16. The van der Waals surface area contributed by atoms with Crippen LogP contribution in [0.25, 0.3) is 0 Å². The molecular weight excluding hydrogens is 372 g/mol. The Kier molecular flexibility index (Phi) is 5.12. The van der Waals surface area contributed by atoms with Gasteiger partial charge < -0.3 is 9.64 Å². The number of amides is 3. The van der Waals surface area contributed by atoms with E-state index in [2.05, 4.69) is 6.07 Å².